The molecule has 1 amide bonds. The van der Waals surface area contributed by atoms with E-state index in [0.717, 1.165) is 25.1 Å². The topological polar surface area (TPSA) is 32.3 Å². The van der Waals surface area contributed by atoms with Crippen LogP contribution in [0.1, 0.15) is 16.7 Å². The van der Waals surface area contributed by atoms with Gasteiger partial charge in [0.2, 0.25) is 5.91 Å². The standard InChI is InChI=1S/C19H20Cl2N2O/c20-17-6-5-15(18(21)11-17)7-9-22-19(24)13-23-10-8-14-3-1-2-4-16(14)12-23/h1-6,11H,7-10,12-13H2,(H,22,24). The smallest absolute Gasteiger partial charge is 0.234 e. The second kappa shape index (κ2) is 8.02. The fourth-order valence-electron chi connectivity index (χ4n) is 3.01. The Morgan fingerprint density at radius 3 is 2.71 bits per heavy atom. The molecule has 0 aromatic heterocycles. The number of hydrogen-bond acceptors (Lipinski definition) is 2. The van der Waals surface area contributed by atoms with Gasteiger partial charge < -0.3 is 5.32 Å². The van der Waals surface area contributed by atoms with Crippen molar-refractivity contribution in [3.05, 3.63) is 69.2 Å². The van der Waals surface area contributed by atoms with Gasteiger partial charge in [-0.3, -0.25) is 9.69 Å². The highest BCUT2D eigenvalue weighted by Crippen LogP contribution is 2.21. The van der Waals surface area contributed by atoms with Crippen LogP contribution >= 0.6 is 23.2 Å². The predicted molar refractivity (Wildman–Crippen MR) is 98.6 cm³/mol. The first-order valence-electron chi connectivity index (χ1n) is 8.11. The number of rotatable bonds is 5. The van der Waals surface area contributed by atoms with Gasteiger partial charge in [0.15, 0.2) is 0 Å². The average Bonchev–Trinajstić information content (AvgIpc) is 2.57. The third kappa shape index (κ3) is 4.50. The van der Waals surface area contributed by atoms with Crippen LogP contribution in [0.25, 0.3) is 0 Å². The lowest BCUT2D eigenvalue weighted by Gasteiger charge is -2.28. The minimum Gasteiger partial charge on any atom is -0.355 e. The van der Waals surface area contributed by atoms with Gasteiger partial charge in [-0.1, -0.05) is 53.5 Å². The monoisotopic (exact) mass is 362 g/mol. The van der Waals surface area contributed by atoms with Gasteiger partial charge in [0.05, 0.1) is 6.54 Å². The van der Waals surface area contributed by atoms with Crippen molar-refractivity contribution in [1.29, 1.82) is 0 Å². The molecule has 0 bridgehead atoms. The maximum atomic E-state index is 12.1. The second-order valence-electron chi connectivity index (χ2n) is 6.07. The fraction of sp³-hybridized carbons (Fsp3) is 0.316. The van der Waals surface area contributed by atoms with Crippen molar-refractivity contribution >= 4 is 29.1 Å². The SMILES string of the molecule is O=C(CN1CCc2ccccc2C1)NCCc1ccc(Cl)cc1Cl. The average molecular weight is 363 g/mol. The summed E-state index contributed by atoms with van der Waals surface area (Å²) < 4.78 is 0. The molecule has 5 heteroatoms. The fourth-order valence-corrected chi connectivity index (χ4v) is 3.51. The summed E-state index contributed by atoms with van der Waals surface area (Å²) in [7, 11) is 0. The van der Waals surface area contributed by atoms with Crippen LogP contribution in [0.5, 0.6) is 0 Å². The lowest BCUT2D eigenvalue weighted by molar-refractivity contribution is -0.122. The molecule has 0 saturated heterocycles. The molecular weight excluding hydrogens is 343 g/mol. The van der Waals surface area contributed by atoms with Crippen LogP contribution in [0.4, 0.5) is 0 Å². The van der Waals surface area contributed by atoms with E-state index in [-0.39, 0.29) is 5.91 Å². The zero-order valence-electron chi connectivity index (χ0n) is 13.4. The molecule has 0 atom stereocenters. The first-order valence-corrected chi connectivity index (χ1v) is 8.87. The van der Waals surface area contributed by atoms with Crippen molar-refractivity contribution in [2.45, 2.75) is 19.4 Å². The molecule has 1 aliphatic rings. The van der Waals surface area contributed by atoms with E-state index in [1.54, 1.807) is 6.07 Å². The molecule has 3 nitrogen and oxygen atoms in total. The second-order valence-corrected chi connectivity index (χ2v) is 6.91. The third-order valence-corrected chi connectivity index (χ3v) is 4.90. The number of halogens is 2. The molecule has 24 heavy (non-hydrogen) atoms. The predicted octanol–water partition coefficient (Wildman–Crippen LogP) is 3.71. The summed E-state index contributed by atoms with van der Waals surface area (Å²) >= 11 is 12.0. The first-order chi connectivity index (χ1) is 11.6. The van der Waals surface area contributed by atoms with Gasteiger partial charge in [0, 0.05) is 29.7 Å². The van der Waals surface area contributed by atoms with E-state index in [9.17, 15) is 4.79 Å². The summed E-state index contributed by atoms with van der Waals surface area (Å²) in [6.07, 6.45) is 1.70. The van der Waals surface area contributed by atoms with E-state index < -0.39 is 0 Å². The molecule has 0 unspecified atom stereocenters. The molecule has 3 rings (SSSR count). The first kappa shape index (κ1) is 17.3. The summed E-state index contributed by atoms with van der Waals surface area (Å²) in [5.74, 6) is 0.0551. The van der Waals surface area contributed by atoms with Crippen molar-refractivity contribution in [2.24, 2.45) is 0 Å². The molecule has 1 heterocycles. The number of carbonyl (C=O) groups is 1. The summed E-state index contributed by atoms with van der Waals surface area (Å²) in [5.41, 5.74) is 3.71. The summed E-state index contributed by atoms with van der Waals surface area (Å²) in [6.45, 7) is 2.77. The Balaban J connectivity index is 1.45. The maximum Gasteiger partial charge on any atom is 0.234 e. The van der Waals surface area contributed by atoms with Crippen molar-refractivity contribution in [2.75, 3.05) is 19.6 Å². The van der Waals surface area contributed by atoms with Gasteiger partial charge in [-0.05, 0) is 41.7 Å². The van der Waals surface area contributed by atoms with Gasteiger partial charge in [-0.25, -0.2) is 0 Å². The Morgan fingerprint density at radius 1 is 1.12 bits per heavy atom. The van der Waals surface area contributed by atoms with Crippen molar-refractivity contribution in [3.63, 3.8) is 0 Å². The number of fused-ring (bicyclic) bond motifs is 1. The van der Waals surface area contributed by atoms with Gasteiger partial charge in [0.1, 0.15) is 0 Å². The zero-order chi connectivity index (χ0) is 16.9. The third-order valence-electron chi connectivity index (χ3n) is 4.31. The summed E-state index contributed by atoms with van der Waals surface area (Å²) in [5, 5.41) is 4.24. The maximum absolute atomic E-state index is 12.1. The van der Waals surface area contributed by atoms with E-state index in [1.165, 1.54) is 11.1 Å². The van der Waals surface area contributed by atoms with Gasteiger partial charge in [0.25, 0.3) is 0 Å². The van der Waals surface area contributed by atoms with Crippen LogP contribution in [-0.2, 0) is 24.2 Å². The zero-order valence-corrected chi connectivity index (χ0v) is 14.9. The van der Waals surface area contributed by atoms with Crippen LogP contribution in [0.3, 0.4) is 0 Å². The molecule has 0 fully saturated rings. The minimum absolute atomic E-state index is 0.0551. The highest BCUT2D eigenvalue weighted by molar-refractivity contribution is 6.35. The van der Waals surface area contributed by atoms with E-state index in [0.29, 0.717) is 29.6 Å². The van der Waals surface area contributed by atoms with E-state index >= 15 is 0 Å². The molecule has 0 aliphatic carbocycles. The van der Waals surface area contributed by atoms with Gasteiger partial charge in [-0.2, -0.15) is 0 Å². The molecule has 2 aromatic rings. The van der Waals surface area contributed by atoms with E-state index in [2.05, 4.69) is 34.5 Å². The lowest BCUT2D eigenvalue weighted by Crippen LogP contribution is -2.40. The van der Waals surface area contributed by atoms with E-state index in [4.69, 9.17) is 23.2 Å². The summed E-state index contributed by atoms with van der Waals surface area (Å²) in [4.78, 5) is 14.3. The Kier molecular flexibility index (Phi) is 5.77. The van der Waals surface area contributed by atoms with Crippen LogP contribution in [0.15, 0.2) is 42.5 Å². The molecule has 2 aromatic carbocycles. The van der Waals surface area contributed by atoms with Crippen LogP contribution < -0.4 is 5.32 Å². The number of nitrogens with one attached hydrogen (secondary N) is 1. The number of hydrogen-bond donors (Lipinski definition) is 1. The summed E-state index contributed by atoms with van der Waals surface area (Å²) in [6, 6.07) is 13.9. The number of amides is 1. The Hall–Kier alpha value is -1.55. The normalized spacial score (nSPS) is 14.2. The number of carbonyl (C=O) groups excluding carboxylic acids is 1. The molecular formula is C19H20Cl2N2O. The number of benzene rings is 2. The Labute approximate surface area is 152 Å². The number of nitrogens with zero attached hydrogens (tertiary/aromatic N) is 1. The lowest BCUT2D eigenvalue weighted by atomic mass is 10.00. The molecule has 1 aliphatic heterocycles. The molecule has 0 spiro atoms. The van der Waals surface area contributed by atoms with Crippen molar-refractivity contribution in [3.8, 4) is 0 Å². The molecule has 0 saturated carbocycles. The molecule has 0 radical (unpaired) electrons. The largest absolute Gasteiger partial charge is 0.355 e. The van der Waals surface area contributed by atoms with Crippen molar-refractivity contribution < 1.29 is 4.79 Å². The Bertz CT molecular complexity index is 733. The van der Waals surface area contributed by atoms with Gasteiger partial charge >= 0.3 is 0 Å². The minimum atomic E-state index is 0.0551. The van der Waals surface area contributed by atoms with Crippen molar-refractivity contribution in [1.82, 2.24) is 10.2 Å². The molecule has 1 N–H and O–H groups in total. The molecule has 126 valence electrons. The van der Waals surface area contributed by atoms with Crippen LogP contribution in [0.2, 0.25) is 10.0 Å². The van der Waals surface area contributed by atoms with Crippen LogP contribution in [-0.4, -0.2) is 30.4 Å². The highest BCUT2D eigenvalue weighted by Gasteiger charge is 2.17. The quantitative estimate of drug-likeness (QED) is 0.878. The van der Waals surface area contributed by atoms with Crippen LogP contribution in [0, 0.1) is 0 Å². The van der Waals surface area contributed by atoms with Gasteiger partial charge in [-0.15, -0.1) is 0 Å². The highest BCUT2D eigenvalue weighted by atomic mass is 35.5. The van der Waals surface area contributed by atoms with E-state index in [1.807, 2.05) is 12.1 Å². The Morgan fingerprint density at radius 2 is 1.92 bits per heavy atom.